The molecule has 1 unspecified atom stereocenters. The van der Waals surface area contributed by atoms with Gasteiger partial charge < -0.3 is 11.1 Å². The van der Waals surface area contributed by atoms with Crippen LogP contribution in [0.15, 0.2) is 18.2 Å². The number of rotatable bonds is 3. The van der Waals surface area contributed by atoms with Crippen LogP contribution < -0.4 is 11.1 Å². The molecule has 1 atom stereocenters. The first kappa shape index (κ1) is 13.0. The molecule has 0 saturated heterocycles. The van der Waals surface area contributed by atoms with Crippen molar-refractivity contribution in [3.05, 3.63) is 29.3 Å². The Bertz CT molecular complexity index is 447. The first-order valence-corrected chi connectivity index (χ1v) is 7.78. The lowest BCUT2D eigenvalue weighted by molar-refractivity contribution is 0.200. The van der Waals surface area contributed by atoms with Crippen LogP contribution in [-0.4, -0.2) is 6.54 Å². The highest BCUT2D eigenvalue weighted by Crippen LogP contribution is 2.37. The van der Waals surface area contributed by atoms with Gasteiger partial charge in [0.05, 0.1) is 0 Å². The van der Waals surface area contributed by atoms with Crippen molar-refractivity contribution in [2.24, 2.45) is 5.41 Å². The minimum absolute atomic E-state index is 0.523. The van der Waals surface area contributed by atoms with E-state index in [1.165, 1.54) is 62.6 Å². The molecule has 2 heteroatoms. The van der Waals surface area contributed by atoms with Gasteiger partial charge in [-0.25, -0.2) is 0 Å². The average molecular weight is 258 g/mol. The largest absolute Gasteiger partial charge is 0.399 e. The van der Waals surface area contributed by atoms with Gasteiger partial charge in [-0.05, 0) is 54.4 Å². The molecule has 1 fully saturated rings. The lowest BCUT2D eigenvalue weighted by atomic mass is 9.75. The van der Waals surface area contributed by atoms with E-state index in [4.69, 9.17) is 5.73 Å². The Morgan fingerprint density at radius 3 is 2.84 bits per heavy atom. The van der Waals surface area contributed by atoms with Gasteiger partial charge in [0, 0.05) is 18.3 Å². The SMILES string of the molecule is CC1(CNC2CCc3cc(N)ccc32)CCCCC1. The van der Waals surface area contributed by atoms with Crippen molar-refractivity contribution >= 4 is 5.69 Å². The van der Waals surface area contributed by atoms with Crippen LogP contribution in [0.1, 0.15) is 62.6 Å². The van der Waals surface area contributed by atoms with E-state index in [-0.39, 0.29) is 0 Å². The molecule has 0 radical (unpaired) electrons. The highest BCUT2D eigenvalue weighted by molar-refractivity contribution is 5.47. The summed E-state index contributed by atoms with van der Waals surface area (Å²) in [5.41, 5.74) is 10.2. The summed E-state index contributed by atoms with van der Waals surface area (Å²) in [5.74, 6) is 0. The third kappa shape index (κ3) is 2.79. The standard InChI is InChI=1S/C17H26N2/c1-17(9-3-2-4-10-17)12-19-16-8-5-13-11-14(18)6-7-15(13)16/h6-7,11,16,19H,2-5,8-10,12,18H2,1H3. The van der Waals surface area contributed by atoms with Gasteiger partial charge in [-0.2, -0.15) is 0 Å². The van der Waals surface area contributed by atoms with Crippen LogP contribution in [0.4, 0.5) is 5.69 Å². The zero-order chi connectivity index (χ0) is 13.3. The van der Waals surface area contributed by atoms with Gasteiger partial charge >= 0.3 is 0 Å². The van der Waals surface area contributed by atoms with Crippen molar-refractivity contribution in [3.63, 3.8) is 0 Å². The number of anilines is 1. The van der Waals surface area contributed by atoms with Gasteiger partial charge in [0.15, 0.2) is 0 Å². The van der Waals surface area contributed by atoms with Crippen LogP contribution in [-0.2, 0) is 6.42 Å². The topological polar surface area (TPSA) is 38.0 Å². The van der Waals surface area contributed by atoms with Crippen LogP contribution in [0.5, 0.6) is 0 Å². The highest BCUT2D eigenvalue weighted by Gasteiger charge is 2.29. The number of nitrogens with one attached hydrogen (secondary N) is 1. The van der Waals surface area contributed by atoms with E-state index in [0.717, 1.165) is 5.69 Å². The molecule has 1 aromatic carbocycles. The predicted molar refractivity (Wildman–Crippen MR) is 81.1 cm³/mol. The predicted octanol–water partition coefficient (Wildman–Crippen LogP) is 3.82. The van der Waals surface area contributed by atoms with Gasteiger partial charge in [-0.3, -0.25) is 0 Å². The minimum atomic E-state index is 0.523. The molecule has 0 spiro atoms. The first-order valence-electron chi connectivity index (χ1n) is 7.78. The van der Waals surface area contributed by atoms with Crippen molar-refractivity contribution in [2.75, 3.05) is 12.3 Å². The highest BCUT2D eigenvalue weighted by atomic mass is 14.9. The summed E-state index contributed by atoms with van der Waals surface area (Å²) < 4.78 is 0. The Kier molecular flexibility index (Phi) is 3.53. The summed E-state index contributed by atoms with van der Waals surface area (Å²) in [4.78, 5) is 0. The van der Waals surface area contributed by atoms with E-state index in [2.05, 4.69) is 24.4 Å². The molecule has 2 aliphatic carbocycles. The molecule has 3 rings (SSSR count). The monoisotopic (exact) mass is 258 g/mol. The molecule has 0 bridgehead atoms. The maximum atomic E-state index is 5.87. The molecule has 2 nitrogen and oxygen atoms in total. The number of hydrogen-bond donors (Lipinski definition) is 2. The number of nitrogens with two attached hydrogens (primary N) is 1. The van der Waals surface area contributed by atoms with Crippen LogP contribution in [0.2, 0.25) is 0 Å². The van der Waals surface area contributed by atoms with Gasteiger partial charge in [0.1, 0.15) is 0 Å². The van der Waals surface area contributed by atoms with E-state index < -0.39 is 0 Å². The molecule has 0 aromatic heterocycles. The maximum absolute atomic E-state index is 5.87. The molecule has 0 aliphatic heterocycles. The third-order valence-electron chi connectivity index (χ3n) is 5.08. The minimum Gasteiger partial charge on any atom is -0.399 e. The van der Waals surface area contributed by atoms with Gasteiger partial charge in [-0.1, -0.05) is 32.3 Å². The van der Waals surface area contributed by atoms with Gasteiger partial charge in [0.25, 0.3) is 0 Å². The summed E-state index contributed by atoms with van der Waals surface area (Å²) in [7, 11) is 0. The summed E-state index contributed by atoms with van der Waals surface area (Å²) in [6, 6.07) is 6.97. The first-order chi connectivity index (χ1) is 9.16. The third-order valence-corrected chi connectivity index (χ3v) is 5.08. The Morgan fingerprint density at radius 2 is 2.05 bits per heavy atom. The van der Waals surface area contributed by atoms with Crippen LogP contribution in [0.25, 0.3) is 0 Å². The molecule has 104 valence electrons. The maximum Gasteiger partial charge on any atom is 0.0326 e. The van der Waals surface area contributed by atoms with E-state index in [9.17, 15) is 0 Å². The lowest BCUT2D eigenvalue weighted by Gasteiger charge is -2.35. The number of benzene rings is 1. The van der Waals surface area contributed by atoms with Crippen molar-refractivity contribution in [1.29, 1.82) is 0 Å². The van der Waals surface area contributed by atoms with Crippen LogP contribution >= 0.6 is 0 Å². The van der Waals surface area contributed by atoms with Crippen molar-refractivity contribution < 1.29 is 0 Å². The molecule has 1 saturated carbocycles. The fraction of sp³-hybridized carbons (Fsp3) is 0.647. The molecular formula is C17H26N2. The second-order valence-corrected chi connectivity index (χ2v) is 6.80. The van der Waals surface area contributed by atoms with Crippen LogP contribution in [0, 0.1) is 5.41 Å². The molecular weight excluding hydrogens is 232 g/mol. The fourth-order valence-corrected chi connectivity index (χ4v) is 3.80. The second-order valence-electron chi connectivity index (χ2n) is 6.80. The zero-order valence-electron chi connectivity index (χ0n) is 12.0. The van der Waals surface area contributed by atoms with Crippen molar-refractivity contribution in [1.82, 2.24) is 5.32 Å². The average Bonchev–Trinajstić information content (AvgIpc) is 2.79. The Morgan fingerprint density at radius 1 is 1.26 bits per heavy atom. The molecule has 0 heterocycles. The van der Waals surface area contributed by atoms with Gasteiger partial charge in [0.2, 0.25) is 0 Å². The smallest absolute Gasteiger partial charge is 0.0326 e. The summed E-state index contributed by atoms with van der Waals surface area (Å²) in [5, 5.41) is 3.83. The number of hydrogen-bond acceptors (Lipinski definition) is 2. The Hall–Kier alpha value is -1.02. The number of aryl methyl sites for hydroxylation is 1. The Balaban J connectivity index is 1.63. The fourth-order valence-electron chi connectivity index (χ4n) is 3.80. The normalized spacial score (nSPS) is 25.2. The molecule has 0 amide bonds. The van der Waals surface area contributed by atoms with Gasteiger partial charge in [-0.15, -0.1) is 0 Å². The molecule has 2 aliphatic rings. The molecule has 19 heavy (non-hydrogen) atoms. The van der Waals surface area contributed by atoms with Crippen molar-refractivity contribution in [3.8, 4) is 0 Å². The molecule has 3 N–H and O–H groups in total. The lowest BCUT2D eigenvalue weighted by Crippen LogP contribution is -2.35. The quantitative estimate of drug-likeness (QED) is 0.809. The molecule has 1 aromatic rings. The second kappa shape index (κ2) is 5.16. The number of fused-ring (bicyclic) bond motifs is 1. The number of nitrogen functional groups attached to an aromatic ring is 1. The van der Waals surface area contributed by atoms with E-state index >= 15 is 0 Å². The van der Waals surface area contributed by atoms with Crippen LogP contribution in [0.3, 0.4) is 0 Å². The van der Waals surface area contributed by atoms with Crippen molar-refractivity contribution in [2.45, 2.75) is 57.9 Å². The Labute approximate surface area is 116 Å². The summed E-state index contributed by atoms with van der Waals surface area (Å²) in [6.07, 6.45) is 9.44. The summed E-state index contributed by atoms with van der Waals surface area (Å²) >= 11 is 0. The van der Waals surface area contributed by atoms with E-state index in [1.807, 2.05) is 6.07 Å². The van der Waals surface area contributed by atoms with E-state index in [1.54, 1.807) is 0 Å². The zero-order valence-corrected chi connectivity index (χ0v) is 12.0. The summed E-state index contributed by atoms with van der Waals surface area (Å²) in [6.45, 7) is 3.62. The van der Waals surface area contributed by atoms with E-state index in [0.29, 0.717) is 11.5 Å².